The van der Waals surface area contributed by atoms with E-state index in [2.05, 4.69) is 5.32 Å². The van der Waals surface area contributed by atoms with Crippen LogP contribution in [-0.2, 0) is 16.0 Å². The topological polar surface area (TPSA) is 77.1 Å². The van der Waals surface area contributed by atoms with Gasteiger partial charge in [0.05, 0.1) is 20.8 Å². The molecule has 1 aliphatic carbocycles. The lowest BCUT2D eigenvalue weighted by molar-refractivity contribution is -0.122. The van der Waals surface area contributed by atoms with Gasteiger partial charge in [-0.3, -0.25) is 4.79 Å². The molecule has 0 saturated carbocycles. The average molecular weight is 390 g/mol. The Morgan fingerprint density at radius 2 is 1.79 bits per heavy atom. The Morgan fingerprint density at radius 1 is 1.11 bits per heavy atom. The van der Waals surface area contributed by atoms with Crippen LogP contribution in [0.5, 0.6) is 11.5 Å². The van der Waals surface area contributed by atoms with E-state index in [-0.39, 0.29) is 24.0 Å². The SMILES string of the molecule is CCOC(=O)N1CCC(NC(=O)CC2CCc3cc(OC)c(OC)cc32)CC1. The summed E-state index contributed by atoms with van der Waals surface area (Å²) in [6.45, 7) is 3.42. The number of nitrogens with one attached hydrogen (secondary N) is 1. The zero-order valence-electron chi connectivity index (χ0n) is 17.0. The number of ether oxygens (including phenoxy) is 3. The van der Waals surface area contributed by atoms with Gasteiger partial charge >= 0.3 is 6.09 Å². The Labute approximate surface area is 166 Å². The number of fused-ring (bicyclic) bond motifs is 1. The number of methoxy groups -OCH3 is 2. The smallest absolute Gasteiger partial charge is 0.409 e. The number of carbonyl (C=O) groups is 2. The van der Waals surface area contributed by atoms with Gasteiger partial charge in [-0.2, -0.15) is 0 Å². The Hall–Kier alpha value is -2.44. The molecule has 28 heavy (non-hydrogen) atoms. The molecule has 1 aliphatic heterocycles. The van der Waals surface area contributed by atoms with E-state index in [1.54, 1.807) is 26.0 Å². The average Bonchev–Trinajstić information content (AvgIpc) is 3.09. The predicted octanol–water partition coefficient (Wildman–Crippen LogP) is 2.86. The van der Waals surface area contributed by atoms with Gasteiger partial charge in [-0.15, -0.1) is 0 Å². The normalized spacial score (nSPS) is 19.1. The van der Waals surface area contributed by atoms with Crippen LogP contribution >= 0.6 is 0 Å². The summed E-state index contributed by atoms with van der Waals surface area (Å²) in [4.78, 5) is 26.1. The van der Waals surface area contributed by atoms with E-state index in [0.29, 0.717) is 31.9 Å². The van der Waals surface area contributed by atoms with Crippen molar-refractivity contribution in [3.63, 3.8) is 0 Å². The molecule has 1 saturated heterocycles. The summed E-state index contributed by atoms with van der Waals surface area (Å²) in [6, 6.07) is 4.15. The molecule has 1 heterocycles. The van der Waals surface area contributed by atoms with Crippen molar-refractivity contribution in [3.05, 3.63) is 23.3 Å². The molecule has 1 aromatic rings. The predicted molar refractivity (Wildman–Crippen MR) is 105 cm³/mol. The molecule has 1 N–H and O–H groups in total. The number of carbonyl (C=O) groups excluding carboxylic acids is 2. The second kappa shape index (κ2) is 9.17. The number of amides is 2. The molecule has 0 radical (unpaired) electrons. The van der Waals surface area contributed by atoms with Crippen LogP contribution in [0, 0.1) is 0 Å². The van der Waals surface area contributed by atoms with E-state index < -0.39 is 0 Å². The van der Waals surface area contributed by atoms with Crippen LogP contribution in [0.1, 0.15) is 49.7 Å². The molecule has 3 rings (SSSR count). The van der Waals surface area contributed by atoms with Gasteiger partial charge in [0.2, 0.25) is 5.91 Å². The molecule has 0 aromatic heterocycles. The fourth-order valence-corrected chi connectivity index (χ4v) is 4.16. The molecule has 2 aliphatic rings. The number of likely N-dealkylation sites (tertiary alicyclic amines) is 1. The van der Waals surface area contributed by atoms with Crippen molar-refractivity contribution in [1.29, 1.82) is 0 Å². The Balaban J connectivity index is 1.53. The highest BCUT2D eigenvalue weighted by molar-refractivity contribution is 5.77. The summed E-state index contributed by atoms with van der Waals surface area (Å²) >= 11 is 0. The number of piperidine rings is 1. The van der Waals surface area contributed by atoms with Crippen molar-refractivity contribution in [1.82, 2.24) is 10.2 Å². The number of aryl methyl sites for hydroxylation is 1. The highest BCUT2D eigenvalue weighted by Gasteiger charge is 2.29. The first-order chi connectivity index (χ1) is 13.5. The van der Waals surface area contributed by atoms with Crippen molar-refractivity contribution in [2.45, 2.75) is 51.0 Å². The lowest BCUT2D eigenvalue weighted by Crippen LogP contribution is -2.46. The van der Waals surface area contributed by atoms with E-state index in [1.165, 1.54) is 11.1 Å². The van der Waals surface area contributed by atoms with Crippen molar-refractivity contribution >= 4 is 12.0 Å². The first-order valence-electron chi connectivity index (χ1n) is 10.0. The van der Waals surface area contributed by atoms with Gasteiger partial charge in [0, 0.05) is 25.6 Å². The van der Waals surface area contributed by atoms with Crippen molar-refractivity contribution in [2.75, 3.05) is 33.9 Å². The van der Waals surface area contributed by atoms with Crippen molar-refractivity contribution in [2.24, 2.45) is 0 Å². The molecule has 1 aromatic carbocycles. The first kappa shape index (κ1) is 20.3. The maximum absolute atomic E-state index is 12.6. The largest absolute Gasteiger partial charge is 0.493 e. The summed E-state index contributed by atoms with van der Waals surface area (Å²) in [5.74, 6) is 1.72. The maximum atomic E-state index is 12.6. The summed E-state index contributed by atoms with van der Waals surface area (Å²) in [5, 5.41) is 3.15. The molecule has 7 heteroatoms. The van der Waals surface area contributed by atoms with Gasteiger partial charge in [0.15, 0.2) is 11.5 Å². The second-order valence-electron chi connectivity index (χ2n) is 7.37. The molecule has 0 spiro atoms. The number of hydrogen-bond donors (Lipinski definition) is 1. The molecular formula is C21H30N2O5. The lowest BCUT2D eigenvalue weighted by atomic mass is 9.96. The molecule has 154 valence electrons. The fourth-order valence-electron chi connectivity index (χ4n) is 4.16. The third-order valence-corrected chi connectivity index (χ3v) is 5.67. The molecule has 1 fully saturated rings. The number of rotatable bonds is 6. The molecule has 1 atom stereocenters. The minimum Gasteiger partial charge on any atom is -0.493 e. The Morgan fingerprint density at radius 3 is 2.43 bits per heavy atom. The third-order valence-electron chi connectivity index (χ3n) is 5.67. The van der Waals surface area contributed by atoms with Gasteiger partial charge in [0.1, 0.15) is 0 Å². The zero-order chi connectivity index (χ0) is 20.1. The van der Waals surface area contributed by atoms with E-state index in [4.69, 9.17) is 14.2 Å². The quantitative estimate of drug-likeness (QED) is 0.808. The van der Waals surface area contributed by atoms with Crippen LogP contribution in [0.4, 0.5) is 4.79 Å². The van der Waals surface area contributed by atoms with Gasteiger partial charge in [-0.1, -0.05) is 0 Å². The number of benzene rings is 1. The minimum atomic E-state index is -0.265. The van der Waals surface area contributed by atoms with Gasteiger partial charge in [0.25, 0.3) is 0 Å². The third kappa shape index (κ3) is 4.51. The summed E-state index contributed by atoms with van der Waals surface area (Å²) in [6.07, 6.45) is 3.64. The van der Waals surface area contributed by atoms with Gasteiger partial charge in [-0.25, -0.2) is 4.79 Å². The molecule has 1 unspecified atom stereocenters. The van der Waals surface area contributed by atoms with E-state index in [9.17, 15) is 9.59 Å². The molecular weight excluding hydrogens is 360 g/mol. The van der Waals surface area contributed by atoms with Crippen LogP contribution in [0.15, 0.2) is 12.1 Å². The molecule has 0 bridgehead atoms. The second-order valence-corrected chi connectivity index (χ2v) is 7.37. The Kier molecular flexibility index (Phi) is 6.65. The first-order valence-corrected chi connectivity index (χ1v) is 10.0. The van der Waals surface area contributed by atoms with E-state index in [0.717, 1.165) is 31.4 Å². The number of hydrogen-bond acceptors (Lipinski definition) is 5. The number of nitrogens with zero attached hydrogens (tertiary/aromatic N) is 1. The standard InChI is InChI=1S/C21H30N2O5/c1-4-28-21(25)23-9-7-16(8-10-23)22-20(24)12-15-6-5-14-11-18(26-2)19(27-3)13-17(14)15/h11,13,15-16H,4-10,12H2,1-3H3,(H,22,24). The summed E-state index contributed by atoms with van der Waals surface area (Å²) < 4.78 is 15.8. The van der Waals surface area contributed by atoms with Gasteiger partial charge < -0.3 is 24.4 Å². The summed E-state index contributed by atoms with van der Waals surface area (Å²) in [7, 11) is 3.26. The highest BCUT2D eigenvalue weighted by Crippen LogP contribution is 2.41. The lowest BCUT2D eigenvalue weighted by Gasteiger charge is -2.31. The van der Waals surface area contributed by atoms with E-state index in [1.807, 2.05) is 12.1 Å². The van der Waals surface area contributed by atoms with Crippen LogP contribution in [-0.4, -0.2) is 56.9 Å². The Bertz CT molecular complexity index is 713. The van der Waals surface area contributed by atoms with E-state index >= 15 is 0 Å². The summed E-state index contributed by atoms with van der Waals surface area (Å²) in [5.41, 5.74) is 2.42. The monoisotopic (exact) mass is 390 g/mol. The van der Waals surface area contributed by atoms with Crippen LogP contribution in [0.25, 0.3) is 0 Å². The van der Waals surface area contributed by atoms with Crippen molar-refractivity contribution < 1.29 is 23.8 Å². The highest BCUT2D eigenvalue weighted by atomic mass is 16.6. The van der Waals surface area contributed by atoms with Crippen molar-refractivity contribution in [3.8, 4) is 11.5 Å². The van der Waals surface area contributed by atoms with Gasteiger partial charge in [-0.05, 0) is 61.8 Å². The minimum absolute atomic E-state index is 0.0715. The molecule has 7 nitrogen and oxygen atoms in total. The van der Waals surface area contributed by atoms with Crippen LogP contribution in [0.2, 0.25) is 0 Å². The fraction of sp³-hybridized carbons (Fsp3) is 0.619. The van der Waals surface area contributed by atoms with Crippen LogP contribution < -0.4 is 14.8 Å². The zero-order valence-corrected chi connectivity index (χ0v) is 17.0. The molecule has 2 amide bonds. The maximum Gasteiger partial charge on any atom is 0.409 e. The van der Waals surface area contributed by atoms with Crippen LogP contribution in [0.3, 0.4) is 0 Å².